The maximum atomic E-state index is 11.2. The fourth-order valence-electron chi connectivity index (χ4n) is 3.89. The number of rotatable bonds is 2. The second-order valence-corrected chi connectivity index (χ2v) is 6.72. The summed E-state index contributed by atoms with van der Waals surface area (Å²) >= 11 is 0. The summed E-state index contributed by atoms with van der Waals surface area (Å²) < 4.78 is 11.1. The third-order valence-corrected chi connectivity index (χ3v) is 5.21. The third-order valence-electron chi connectivity index (χ3n) is 5.21. The molecular formula is C15H22ClN3O3. The van der Waals surface area contributed by atoms with E-state index in [2.05, 4.69) is 15.5 Å². The zero-order chi connectivity index (χ0) is 14.3. The first-order chi connectivity index (χ1) is 10.2. The molecule has 1 aliphatic heterocycles. The molecule has 4 rings (SSSR count). The number of nitrogens with zero attached hydrogens (tertiary/aromatic N) is 2. The number of hydrogen-bond donors (Lipinski definition) is 1. The first-order valence-corrected chi connectivity index (χ1v) is 7.92. The van der Waals surface area contributed by atoms with Crippen molar-refractivity contribution in [3.63, 3.8) is 0 Å². The van der Waals surface area contributed by atoms with Crippen LogP contribution in [-0.4, -0.2) is 35.6 Å². The van der Waals surface area contributed by atoms with E-state index in [0.717, 1.165) is 57.5 Å². The molecule has 1 unspecified atom stereocenters. The Hall–Kier alpha value is -0.980. The Bertz CT molecular complexity index is 524. The number of aromatic nitrogens is 2. The van der Waals surface area contributed by atoms with Gasteiger partial charge in [-0.05, 0) is 31.1 Å². The Morgan fingerprint density at radius 1 is 1.23 bits per heavy atom. The van der Waals surface area contributed by atoms with Crippen molar-refractivity contribution >= 4 is 18.2 Å². The molecule has 2 heterocycles. The highest BCUT2D eigenvalue weighted by atomic mass is 35.5. The van der Waals surface area contributed by atoms with Gasteiger partial charge in [-0.25, -0.2) is 0 Å². The van der Waals surface area contributed by atoms with Gasteiger partial charge < -0.3 is 14.6 Å². The molecule has 0 amide bonds. The number of Topliss-reactive ketones (excluding diaryl/α,β-unsaturated/α-hetero) is 1. The highest BCUT2D eigenvalue weighted by Crippen LogP contribution is 2.52. The average Bonchev–Trinajstić information content (AvgIpc) is 2.97. The van der Waals surface area contributed by atoms with E-state index >= 15 is 0 Å². The Morgan fingerprint density at radius 2 is 2.00 bits per heavy atom. The first-order valence-electron chi connectivity index (χ1n) is 7.92. The Labute approximate surface area is 135 Å². The number of hydrogen-bond acceptors (Lipinski definition) is 6. The molecule has 7 heteroatoms. The number of carbonyl (C=O) groups excluding carboxylic acids is 1. The summed E-state index contributed by atoms with van der Waals surface area (Å²) in [7, 11) is 0. The van der Waals surface area contributed by atoms with Crippen LogP contribution in [0.3, 0.4) is 0 Å². The molecule has 1 saturated heterocycles. The molecule has 1 aromatic heterocycles. The van der Waals surface area contributed by atoms with Crippen molar-refractivity contribution in [2.75, 3.05) is 19.7 Å². The third kappa shape index (κ3) is 2.92. The van der Waals surface area contributed by atoms with Crippen molar-refractivity contribution in [3.8, 4) is 0 Å². The lowest BCUT2D eigenvalue weighted by Crippen LogP contribution is -2.40. The molecule has 1 atom stereocenters. The van der Waals surface area contributed by atoms with Crippen LogP contribution in [0.4, 0.5) is 0 Å². The van der Waals surface area contributed by atoms with Crippen LogP contribution in [0.1, 0.15) is 62.3 Å². The topological polar surface area (TPSA) is 77.2 Å². The van der Waals surface area contributed by atoms with E-state index in [1.165, 1.54) is 0 Å². The largest absolute Gasteiger partial charge is 0.367 e. The van der Waals surface area contributed by atoms with Crippen LogP contribution in [0, 0.1) is 5.41 Å². The summed E-state index contributed by atoms with van der Waals surface area (Å²) in [5, 5.41) is 7.37. The highest BCUT2D eigenvalue weighted by Gasteiger charge is 2.46. The Kier molecular flexibility index (Phi) is 4.52. The van der Waals surface area contributed by atoms with Gasteiger partial charge in [0.25, 0.3) is 0 Å². The van der Waals surface area contributed by atoms with Gasteiger partial charge in [0.05, 0.1) is 6.61 Å². The number of ether oxygens (including phenoxy) is 1. The zero-order valence-electron chi connectivity index (χ0n) is 12.5. The van der Waals surface area contributed by atoms with E-state index in [-0.39, 0.29) is 18.5 Å². The molecule has 2 saturated carbocycles. The van der Waals surface area contributed by atoms with Crippen molar-refractivity contribution in [1.82, 2.24) is 15.5 Å². The van der Waals surface area contributed by atoms with Crippen molar-refractivity contribution < 1.29 is 14.1 Å². The summed E-state index contributed by atoms with van der Waals surface area (Å²) in [4.78, 5) is 15.8. The molecule has 1 spiro atoms. The summed E-state index contributed by atoms with van der Waals surface area (Å²) in [5.41, 5.74) is 0.312. The van der Waals surface area contributed by atoms with Crippen LogP contribution in [-0.2, 0) is 9.53 Å². The lowest BCUT2D eigenvalue weighted by Gasteiger charge is -2.45. The molecule has 0 aromatic carbocycles. The molecule has 1 N–H and O–H groups in total. The van der Waals surface area contributed by atoms with E-state index in [1.54, 1.807) is 0 Å². The normalized spacial score (nSPS) is 28.2. The Morgan fingerprint density at radius 3 is 2.64 bits per heavy atom. The van der Waals surface area contributed by atoms with Crippen LogP contribution in [0.2, 0.25) is 0 Å². The van der Waals surface area contributed by atoms with Gasteiger partial charge in [-0.2, -0.15) is 4.98 Å². The number of halogens is 1. The van der Waals surface area contributed by atoms with Gasteiger partial charge >= 0.3 is 0 Å². The fourth-order valence-corrected chi connectivity index (χ4v) is 3.89. The number of morpholine rings is 1. The zero-order valence-corrected chi connectivity index (χ0v) is 13.4. The van der Waals surface area contributed by atoms with Crippen LogP contribution in [0.25, 0.3) is 0 Å². The smallest absolute Gasteiger partial charge is 0.229 e. The van der Waals surface area contributed by atoms with E-state index in [4.69, 9.17) is 9.26 Å². The molecule has 3 fully saturated rings. The fraction of sp³-hybridized carbons (Fsp3) is 0.800. The summed E-state index contributed by atoms with van der Waals surface area (Å²) in [6.45, 7) is 2.31. The van der Waals surface area contributed by atoms with Crippen LogP contribution in [0.15, 0.2) is 4.52 Å². The van der Waals surface area contributed by atoms with E-state index < -0.39 is 0 Å². The monoisotopic (exact) mass is 327 g/mol. The quantitative estimate of drug-likeness (QED) is 0.897. The van der Waals surface area contributed by atoms with Gasteiger partial charge in [0, 0.05) is 31.8 Å². The molecule has 122 valence electrons. The lowest BCUT2D eigenvalue weighted by atomic mass is 9.58. The minimum absolute atomic E-state index is 0. The average molecular weight is 328 g/mol. The predicted octanol–water partition coefficient (Wildman–Crippen LogP) is 2.16. The molecule has 1 aromatic rings. The van der Waals surface area contributed by atoms with Gasteiger partial charge in [0.1, 0.15) is 11.9 Å². The van der Waals surface area contributed by atoms with Gasteiger partial charge in [-0.15, -0.1) is 12.4 Å². The van der Waals surface area contributed by atoms with E-state index in [0.29, 0.717) is 29.5 Å². The minimum atomic E-state index is -0.0876. The standard InChI is InChI=1S/C15H21N3O3.ClH/c19-11-7-15(8-11)3-1-10(2-4-15)14-17-13(18-21-14)12-9-16-5-6-20-12;/h10,12,16H,1-9H2;1H. The van der Waals surface area contributed by atoms with Crippen molar-refractivity contribution in [2.24, 2.45) is 5.41 Å². The minimum Gasteiger partial charge on any atom is -0.367 e. The number of nitrogens with one attached hydrogen (secondary N) is 1. The predicted molar refractivity (Wildman–Crippen MR) is 81.0 cm³/mol. The summed E-state index contributed by atoms with van der Waals surface area (Å²) in [6.07, 6.45) is 5.82. The van der Waals surface area contributed by atoms with Gasteiger partial charge in [-0.3, -0.25) is 4.79 Å². The summed E-state index contributed by atoms with van der Waals surface area (Å²) in [5.74, 6) is 2.19. The van der Waals surface area contributed by atoms with Crippen molar-refractivity contribution in [3.05, 3.63) is 11.7 Å². The van der Waals surface area contributed by atoms with Gasteiger partial charge in [0.2, 0.25) is 11.7 Å². The van der Waals surface area contributed by atoms with Crippen LogP contribution < -0.4 is 5.32 Å². The molecular weight excluding hydrogens is 306 g/mol. The molecule has 6 nitrogen and oxygen atoms in total. The molecule has 3 aliphatic rings. The van der Waals surface area contributed by atoms with E-state index in [1.807, 2.05) is 0 Å². The highest BCUT2D eigenvalue weighted by molar-refractivity contribution is 5.86. The second kappa shape index (κ2) is 6.26. The van der Waals surface area contributed by atoms with E-state index in [9.17, 15) is 4.79 Å². The first kappa shape index (κ1) is 15.9. The van der Waals surface area contributed by atoms with Crippen molar-refractivity contribution in [1.29, 1.82) is 0 Å². The second-order valence-electron chi connectivity index (χ2n) is 6.72. The molecule has 0 bridgehead atoms. The lowest BCUT2D eigenvalue weighted by molar-refractivity contribution is -0.134. The number of carbonyl (C=O) groups is 1. The van der Waals surface area contributed by atoms with Crippen LogP contribution in [0.5, 0.6) is 0 Å². The molecule has 22 heavy (non-hydrogen) atoms. The van der Waals surface area contributed by atoms with Gasteiger partial charge in [0.15, 0.2) is 0 Å². The SMILES string of the molecule is Cl.O=C1CC2(CCC(c3nc(C4CNCCO4)no3)CC2)C1. The van der Waals surface area contributed by atoms with Gasteiger partial charge in [-0.1, -0.05) is 5.16 Å². The molecule has 0 radical (unpaired) electrons. The summed E-state index contributed by atoms with van der Waals surface area (Å²) in [6, 6.07) is 0. The van der Waals surface area contributed by atoms with Crippen molar-refractivity contribution in [2.45, 2.75) is 50.5 Å². The molecule has 2 aliphatic carbocycles. The maximum absolute atomic E-state index is 11.2. The Balaban J connectivity index is 0.00000144. The van der Waals surface area contributed by atoms with Crippen LogP contribution >= 0.6 is 12.4 Å². The maximum Gasteiger partial charge on any atom is 0.229 e. The number of ketones is 1.